The van der Waals surface area contributed by atoms with Crippen LogP contribution in [0.3, 0.4) is 0 Å². The minimum absolute atomic E-state index is 0.0258. The zero-order valence-electron chi connectivity index (χ0n) is 30.0. The lowest BCUT2D eigenvalue weighted by atomic mass is 9.81. The summed E-state index contributed by atoms with van der Waals surface area (Å²) in [6.45, 7) is 6.64. The quantitative estimate of drug-likeness (QED) is 0.181. The summed E-state index contributed by atoms with van der Waals surface area (Å²) < 4.78 is 17.0. The third-order valence-electron chi connectivity index (χ3n) is 9.14. The lowest BCUT2D eigenvalue weighted by Gasteiger charge is -2.41. The average molecular weight is 756 g/mol. The minimum Gasteiger partial charge on any atom is -0.495 e. The number of nitrogens with one attached hydrogen (secondary N) is 1. The molecular weight excluding hydrogens is 706 g/mol. The lowest BCUT2D eigenvalue weighted by Crippen LogP contribution is -2.58. The number of fused-ring (bicyclic) bond motifs is 4. The van der Waals surface area contributed by atoms with E-state index in [0.29, 0.717) is 23.6 Å². The predicted octanol–water partition coefficient (Wildman–Crippen LogP) is 5.27. The number of alkyl carbamates (subject to hydrolysis) is 1. The van der Waals surface area contributed by atoms with Gasteiger partial charge in [-0.3, -0.25) is 14.9 Å². The van der Waals surface area contributed by atoms with Gasteiger partial charge in [-0.1, -0.05) is 63.9 Å². The number of benzene rings is 1. The first kappa shape index (κ1) is 41.5. The van der Waals surface area contributed by atoms with E-state index < -0.39 is 59.9 Å². The van der Waals surface area contributed by atoms with Crippen LogP contribution in [0.1, 0.15) is 65.4 Å². The Morgan fingerprint density at radius 2 is 1.96 bits per heavy atom. The van der Waals surface area contributed by atoms with Gasteiger partial charge in [-0.05, 0) is 63.5 Å². The average Bonchev–Trinajstić information content (AvgIpc) is 3.04. The van der Waals surface area contributed by atoms with Gasteiger partial charge in [0.1, 0.15) is 34.7 Å². The van der Waals surface area contributed by atoms with Gasteiger partial charge in [-0.2, -0.15) is 0 Å². The van der Waals surface area contributed by atoms with Crippen LogP contribution in [0.5, 0.6) is 5.75 Å². The Bertz CT molecular complexity index is 1470. The Kier molecular flexibility index (Phi) is 15.0. The van der Waals surface area contributed by atoms with E-state index in [1.165, 1.54) is 66.4 Å². The number of esters is 1. The van der Waals surface area contributed by atoms with Crippen molar-refractivity contribution >= 4 is 62.8 Å². The maximum absolute atomic E-state index is 14.0. The van der Waals surface area contributed by atoms with Crippen LogP contribution in [0.2, 0.25) is 5.02 Å². The number of allylic oxidation sites excluding steroid dienone is 3. The second-order valence-corrected chi connectivity index (χ2v) is 16.4. The molecule has 0 unspecified atom stereocenters. The Labute approximate surface area is 307 Å². The molecular formula is C35H50ClN3O9S2. The van der Waals surface area contributed by atoms with Gasteiger partial charge < -0.3 is 34.2 Å². The highest BCUT2D eigenvalue weighted by Gasteiger charge is 2.45. The number of hydrogen-bond donors (Lipinski definition) is 3. The van der Waals surface area contributed by atoms with E-state index in [9.17, 15) is 29.4 Å². The number of ether oxygens (including phenoxy) is 3. The van der Waals surface area contributed by atoms with Crippen LogP contribution in [0.15, 0.2) is 35.9 Å². The molecule has 0 spiro atoms. The number of carbonyl (C=O) groups excluding carboxylic acids is 4. The molecule has 0 radical (unpaired) electrons. The first-order chi connectivity index (χ1) is 23.4. The molecule has 2 aliphatic heterocycles. The number of anilines is 1. The number of nitrogens with zero attached hydrogens (tertiary/aromatic N) is 2. The summed E-state index contributed by atoms with van der Waals surface area (Å²) in [5, 5.41) is 26.0. The van der Waals surface area contributed by atoms with Crippen molar-refractivity contribution in [3.63, 3.8) is 0 Å². The van der Waals surface area contributed by atoms with E-state index in [0.717, 1.165) is 11.1 Å². The molecule has 6 atom stereocenters. The van der Waals surface area contributed by atoms with Crippen LogP contribution in [0.4, 0.5) is 10.5 Å². The molecule has 1 aromatic rings. The second kappa shape index (κ2) is 18.0. The fourth-order valence-corrected chi connectivity index (χ4v) is 7.47. The lowest BCUT2D eigenvalue weighted by molar-refractivity contribution is -0.175. The summed E-state index contributed by atoms with van der Waals surface area (Å²) in [4.78, 5) is 55.5. The maximum atomic E-state index is 14.0. The highest BCUT2D eigenvalue weighted by atomic mass is 35.5. The number of carbonyl (C=O) groups is 4. The molecule has 0 saturated carbocycles. The summed E-state index contributed by atoms with van der Waals surface area (Å²) in [7, 11) is 7.58. The molecule has 50 heavy (non-hydrogen) atoms. The molecule has 1 fully saturated rings. The topological polar surface area (TPSA) is 155 Å². The van der Waals surface area contributed by atoms with E-state index in [-0.39, 0.29) is 36.6 Å². The van der Waals surface area contributed by atoms with Crippen LogP contribution in [-0.4, -0.2) is 102 Å². The number of aliphatic hydroxyl groups is 2. The van der Waals surface area contributed by atoms with Gasteiger partial charge in [-0.15, -0.1) is 0 Å². The van der Waals surface area contributed by atoms with E-state index >= 15 is 0 Å². The van der Waals surface area contributed by atoms with Crippen molar-refractivity contribution in [3.8, 4) is 5.75 Å². The molecule has 3 N–H and O–H groups in total. The van der Waals surface area contributed by atoms with Gasteiger partial charge in [-0.25, -0.2) is 9.59 Å². The fraction of sp³-hybridized carbons (Fsp3) is 0.600. The normalized spacial score (nSPS) is 28.7. The van der Waals surface area contributed by atoms with Gasteiger partial charge in [0.15, 0.2) is 0 Å². The van der Waals surface area contributed by atoms with Gasteiger partial charge >= 0.3 is 12.1 Å². The molecule has 278 valence electrons. The Morgan fingerprint density at radius 3 is 2.62 bits per heavy atom. The minimum atomic E-state index is -1.83. The van der Waals surface area contributed by atoms with E-state index in [1.54, 1.807) is 31.2 Å². The summed E-state index contributed by atoms with van der Waals surface area (Å²) in [5.41, 5.74) is -1.31. The van der Waals surface area contributed by atoms with Gasteiger partial charge in [0.25, 0.3) is 0 Å². The molecule has 3 amide bonds. The van der Waals surface area contributed by atoms with Crippen molar-refractivity contribution in [2.24, 2.45) is 5.92 Å². The molecule has 0 aromatic heterocycles. The maximum Gasteiger partial charge on any atom is 0.409 e. The first-order valence-electron chi connectivity index (χ1n) is 16.4. The Balaban J connectivity index is 2.04. The third kappa shape index (κ3) is 11.0. The van der Waals surface area contributed by atoms with Crippen molar-refractivity contribution in [3.05, 3.63) is 46.5 Å². The van der Waals surface area contributed by atoms with Crippen LogP contribution >= 0.6 is 33.2 Å². The molecule has 12 nitrogen and oxygen atoms in total. The van der Waals surface area contributed by atoms with Gasteiger partial charge in [0.2, 0.25) is 11.8 Å². The molecule has 0 aliphatic carbocycles. The van der Waals surface area contributed by atoms with Crippen molar-refractivity contribution < 1.29 is 43.6 Å². The monoisotopic (exact) mass is 755 g/mol. The molecule has 1 saturated heterocycles. The number of methoxy groups -OCH3 is 1. The van der Waals surface area contributed by atoms with E-state index in [1.807, 2.05) is 19.3 Å². The molecule has 1 aromatic carbocycles. The van der Waals surface area contributed by atoms with Crippen LogP contribution < -0.4 is 15.0 Å². The van der Waals surface area contributed by atoms with E-state index in [4.69, 9.17) is 25.8 Å². The standard InChI is InChI=1S/C35H50ClN3O9S2/c1-21-11-9-10-13-35(45)20-27(47-33(43)37-35)22(2)19-34(4,44)28(48-32(42)23(3)38(5)29(40)12-14-50-49-8)18-30(41)39(6)25-16-24(15-21)17-26(46-7)31(25)36/h9-11,16-17,22-23,27-28,44-45H,12-15,18-20H2,1-8H3,(H,37,43)/b10-9+,21-11+/t22-,23+,27+,28+,34-,35-/m1/s1. The summed E-state index contributed by atoms with van der Waals surface area (Å²) in [6.07, 6.45) is 4.66. The van der Waals surface area contributed by atoms with Gasteiger partial charge in [0.05, 0.1) is 24.8 Å². The number of rotatable bonds is 8. The highest BCUT2D eigenvalue weighted by Crippen LogP contribution is 2.38. The summed E-state index contributed by atoms with van der Waals surface area (Å²) in [6, 6.07) is 2.54. The van der Waals surface area contributed by atoms with Crippen molar-refractivity contribution in [1.29, 1.82) is 0 Å². The molecule has 2 heterocycles. The molecule has 2 aliphatic rings. The van der Waals surface area contributed by atoms with Gasteiger partial charge in [0, 0.05) is 39.1 Å². The Hall–Kier alpha value is -2.91. The number of likely N-dealkylation sites (N-methyl/N-ethyl adjacent to an activating group) is 1. The number of hydrogen-bond acceptors (Lipinski definition) is 11. The van der Waals surface area contributed by atoms with E-state index in [2.05, 4.69) is 5.32 Å². The Morgan fingerprint density at radius 1 is 1.26 bits per heavy atom. The molecule has 15 heteroatoms. The second-order valence-electron chi connectivity index (χ2n) is 13.3. The predicted molar refractivity (Wildman–Crippen MR) is 197 cm³/mol. The van der Waals surface area contributed by atoms with Crippen molar-refractivity contribution in [2.45, 2.75) is 95.8 Å². The van der Waals surface area contributed by atoms with Crippen molar-refractivity contribution in [2.75, 3.05) is 38.1 Å². The third-order valence-corrected chi connectivity index (χ3v) is 11.3. The largest absolute Gasteiger partial charge is 0.495 e. The first-order valence-corrected chi connectivity index (χ1v) is 19.5. The van der Waals surface area contributed by atoms with Crippen LogP contribution in [0, 0.1) is 5.92 Å². The SMILES string of the molecule is COc1cc2cc(c1Cl)N(C)C(=O)C[C@H](OC(=O)[C@H](C)N(C)C(=O)CCSSC)[C@](C)(O)C[C@@H](C)[C@@H]1C[C@](O)(C/C=C/C=C(\C)C2)NC(=O)O1. The van der Waals surface area contributed by atoms with Crippen LogP contribution in [-0.2, 0) is 30.3 Å². The zero-order valence-corrected chi connectivity index (χ0v) is 32.4. The molecule has 3 rings (SSSR count). The summed E-state index contributed by atoms with van der Waals surface area (Å²) >= 11 is 6.70. The number of halogens is 1. The fourth-order valence-electron chi connectivity index (χ4n) is 5.98. The number of amides is 3. The zero-order chi connectivity index (χ0) is 37.4. The smallest absolute Gasteiger partial charge is 0.409 e. The highest BCUT2D eigenvalue weighted by molar-refractivity contribution is 8.76. The molecule has 4 bridgehead atoms. The van der Waals surface area contributed by atoms with Crippen molar-refractivity contribution in [1.82, 2.24) is 10.2 Å². The summed E-state index contributed by atoms with van der Waals surface area (Å²) in [5.74, 6) is -1.19. The van der Waals surface area contributed by atoms with Crippen LogP contribution in [0.25, 0.3) is 0 Å².